The van der Waals surface area contributed by atoms with Crippen molar-refractivity contribution in [3.05, 3.63) is 0 Å². The Morgan fingerprint density at radius 1 is 1.33 bits per heavy atom. The zero-order chi connectivity index (χ0) is 9.56. The smallest absolute Gasteiger partial charge is 0.320 e. The molecule has 0 fully saturated rings. The number of hydrogen-bond acceptors (Lipinski definition) is 3. The Morgan fingerprint density at radius 3 is 2.33 bits per heavy atom. The van der Waals surface area contributed by atoms with Gasteiger partial charge in [0.15, 0.2) is 0 Å². The summed E-state index contributed by atoms with van der Waals surface area (Å²) in [5.74, 6) is -0.946. The Kier molecular flexibility index (Phi) is 5.66. The Hall–Kier alpha value is -0.610. The highest BCUT2D eigenvalue weighted by Gasteiger charge is 2.12. The van der Waals surface area contributed by atoms with Crippen molar-refractivity contribution in [1.82, 2.24) is 0 Å². The third kappa shape index (κ3) is 5.09. The molecule has 5 N–H and O–H groups in total. The van der Waals surface area contributed by atoms with Gasteiger partial charge in [0, 0.05) is 6.04 Å². The molecule has 4 nitrogen and oxygen atoms in total. The molecule has 0 aliphatic heterocycles. The predicted molar refractivity (Wildman–Crippen MR) is 47.7 cm³/mol. The van der Waals surface area contributed by atoms with Crippen LogP contribution in [0.15, 0.2) is 0 Å². The van der Waals surface area contributed by atoms with Gasteiger partial charge >= 0.3 is 5.97 Å². The van der Waals surface area contributed by atoms with Crippen LogP contribution in [0.1, 0.15) is 32.6 Å². The predicted octanol–water partition coefficient (Wildman–Crippen LogP) is 0.306. The van der Waals surface area contributed by atoms with Crippen LogP contribution >= 0.6 is 0 Å². The van der Waals surface area contributed by atoms with Crippen molar-refractivity contribution >= 4 is 5.97 Å². The zero-order valence-electron chi connectivity index (χ0n) is 7.49. The highest BCUT2D eigenvalue weighted by atomic mass is 16.4. The summed E-state index contributed by atoms with van der Waals surface area (Å²) >= 11 is 0. The summed E-state index contributed by atoms with van der Waals surface area (Å²) in [6.07, 6.45) is 3.13. The molecule has 4 heteroatoms. The lowest BCUT2D eigenvalue weighted by molar-refractivity contribution is -0.138. The van der Waals surface area contributed by atoms with Gasteiger partial charge in [-0.3, -0.25) is 4.79 Å². The van der Waals surface area contributed by atoms with Crippen LogP contribution in [0.25, 0.3) is 0 Å². The van der Waals surface area contributed by atoms with Crippen LogP contribution in [0.2, 0.25) is 0 Å². The summed E-state index contributed by atoms with van der Waals surface area (Å²) in [6.45, 7) is 2.05. The molecule has 0 heterocycles. The maximum absolute atomic E-state index is 10.3. The Morgan fingerprint density at radius 2 is 1.92 bits per heavy atom. The van der Waals surface area contributed by atoms with Crippen molar-refractivity contribution in [2.45, 2.75) is 44.7 Å². The van der Waals surface area contributed by atoms with Crippen molar-refractivity contribution in [2.75, 3.05) is 0 Å². The normalized spacial score (nSPS) is 15.6. The third-order valence-corrected chi connectivity index (χ3v) is 1.83. The fourth-order valence-corrected chi connectivity index (χ4v) is 1.03. The fourth-order valence-electron chi connectivity index (χ4n) is 1.03. The van der Waals surface area contributed by atoms with Crippen molar-refractivity contribution in [1.29, 1.82) is 0 Å². The van der Waals surface area contributed by atoms with Crippen LogP contribution in [0.3, 0.4) is 0 Å². The van der Waals surface area contributed by atoms with Crippen LogP contribution in [-0.2, 0) is 4.79 Å². The lowest BCUT2D eigenvalue weighted by atomic mass is 10.0. The second-order valence-electron chi connectivity index (χ2n) is 3.07. The van der Waals surface area contributed by atoms with E-state index < -0.39 is 12.0 Å². The van der Waals surface area contributed by atoms with Gasteiger partial charge in [-0.25, -0.2) is 0 Å². The zero-order valence-corrected chi connectivity index (χ0v) is 7.49. The first-order chi connectivity index (χ1) is 5.57. The van der Waals surface area contributed by atoms with E-state index in [0.29, 0.717) is 12.8 Å². The molecule has 0 bridgehead atoms. The van der Waals surface area contributed by atoms with Crippen LogP contribution < -0.4 is 11.5 Å². The van der Waals surface area contributed by atoms with Crippen molar-refractivity contribution in [3.8, 4) is 0 Å². The largest absolute Gasteiger partial charge is 0.480 e. The van der Waals surface area contributed by atoms with E-state index in [0.717, 1.165) is 12.8 Å². The fraction of sp³-hybridized carbons (Fsp3) is 0.875. The Balaban J connectivity index is 3.46. The van der Waals surface area contributed by atoms with Gasteiger partial charge in [-0.05, 0) is 19.3 Å². The van der Waals surface area contributed by atoms with E-state index in [1.807, 2.05) is 0 Å². The van der Waals surface area contributed by atoms with Gasteiger partial charge in [-0.15, -0.1) is 0 Å². The molecule has 2 unspecified atom stereocenters. The van der Waals surface area contributed by atoms with E-state index in [1.165, 1.54) is 0 Å². The maximum Gasteiger partial charge on any atom is 0.320 e. The first kappa shape index (κ1) is 11.4. The first-order valence-electron chi connectivity index (χ1n) is 4.31. The van der Waals surface area contributed by atoms with Gasteiger partial charge < -0.3 is 16.6 Å². The molecule has 0 radical (unpaired) electrons. The molecule has 2 atom stereocenters. The molecule has 0 aromatic rings. The highest BCUT2D eigenvalue weighted by molar-refractivity contribution is 5.72. The molecule has 12 heavy (non-hydrogen) atoms. The standard InChI is InChI=1S/C8H18N2O2/c1-2-3-6(9)4-5-7(10)8(11)12/h6-7H,2-5,9-10H2,1H3,(H,11,12). The van der Waals surface area contributed by atoms with E-state index in [4.69, 9.17) is 16.6 Å². The molecule has 0 aliphatic rings. The quantitative estimate of drug-likeness (QED) is 0.540. The number of aliphatic carboxylic acids is 1. The van der Waals surface area contributed by atoms with Gasteiger partial charge in [0.05, 0.1) is 0 Å². The van der Waals surface area contributed by atoms with E-state index in [2.05, 4.69) is 6.92 Å². The molecule has 0 aliphatic carbocycles. The molecule has 0 rings (SSSR count). The minimum Gasteiger partial charge on any atom is -0.480 e. The number of carboxylic acids is 1. The van der Waals surface area contributed by atoms with Crippen LogP contribution in [0, 0.1) is 0 Å². The molecule has 72 valence electrons. The number of carbonyl (C=O) groups is 1. The van der Waals surface area contributed by atoms with Crippen LogP contribution in [0.5, 0.6) is 0 Å². The van der Waals surface area contributed by atoms with Crippen molar-refractivity contribution < 1.29 is 9.90 Å². The Bertz CT molecular complexity index is 139. The average molecular weight is 174 g/mol. The summed E-state index contributed by atoms with van der Waals surface area (Å²) in [5.41, 5.74) is 11.0. The highest BCUT2D eigenvalue weighted by Crippen LogP contribution is 2.03. The number of nitrogens with two attached hydrogens (primary N) is 2. The molecule has 0 aromatic carbocycles. The van der Waals surface area contributed by atoms with E-state index in [-0.39, 0.29) is 6.04 Å². The topological polar surface area (TPSA) is 89.3 Å². The van der Waals surface area contributed by atoms with Crippen molar-refractivity contribution in [3.63, 3.8) is 0 Å². The average Bonchev–Trinajstić information content (AvgIpc) is 2.00. The Labute approximate surface area is 72.9 Å². The molecular formula is C8H18N2O2. The SMILES string of the molecule is CCCC(N)CCC(N)C(=O)O. The summed E-state index contributed by atoms with van der Waals surface area (Å²) in [6, 6.07) is -0.659. The monoisotopic (exact) mass is 174 g/mol. The number of hydrogen-bond donors (Lipinski definition) is 3. The third-order valence-electron chi connectivity index (χ3n) is 1.83. The minimum atomic E-state index is -0.946. The van der Waals surface area contributed by atoms with Gasteiger partial charge in [0.2, 0.25) is 0 Å². The summed E-state index contributed by atoms with van der Waals surface area (Å²) in [4.78, 5) is 10.3. The lowest BCUT2D eigenvalue weighted by Gasteiger charge is -2.11. The van der Waals surface area contributed by atoms with Gasteiger partial charge in [-0.1, -0.05) is 13.3 Å². The molecular weight excluding hydrogens is 156 g/mol. The van der Waals surface area contributed by atoms with E-state index in [9.17, 15) is 4.79 Å². The van der Waals surface area contributed by atoms with Crippen molar-refractivity contribution in [2.24, 2.45) is 11.5 Å². The molecule has 0 saturated heterocycles. The van der Waals surface area contributed by atoms with Gasteiger partial charge in [-0.2, -0.15) is 0 Å². The van der Waals surface area contributed by atoms with E-state index in [1.54, 1.807) is 0 Å². The first-order valence-corrected chi connectivity index (χ1v) is 4.31. The maximum atomic E-state index is 10.3. The molecule has 0 spiro atoms. The number of rotatable bonds is 6. The summed E-state index contributed by atoms with van der Waals surface area (Å²) in [5, 5.41) is 8.46. The van der Waals surface area contributed by atoms with Crippen LogP contribution in [0.4, 0.5) is 0 Å². The molecule has 0 saturated carbocycles. The summed E-state index contributed by atoms with van der Waals surface area (Å²) < 4.78 is 0. The summed E-state index contributed by atoms with van der Waals surface area (Å²) in [7, 11) is 0. The molecule has 0 aromatic heterocycles. The second kappa shape index (κ2) is 5.97. The minimum absolute atomic E-state index is 0.0976. The lowest BCUT2D eigenvalue weighted by Crippen LogP contribution is -2.32. The number of carboxylic acid groups (broad SMARTS) is 1. The van der Waals surface area contributed by atoms with Gasteiger partial charge in [0.1, 0.15) is 6.04 Å². The molecule has 0 amide bonds. The van der Waals surface area contributed by atoms with Gasteiger partial charge in [0.25, 0.3) is 0 Å². The van der Waals surface area contributed by atoms with E-state index >= 15 is 0 Å². The van der Waals surface area contributed by atoms with Crippen LogP contribution in [-0.4, -0.2) is 23.2 Å². The second-order valence-corrected chi connectivity index (χ2v) is 3.07.